The predicted octanol–water partition coefficient (Wildman–Crippen LogP) is -0.833. The van der Waals surface area contributed by atoms with E-state index in [9.17, 15) is 9.59 Å². The van der Waals surface area contributed by atoms with Crippen LogP contribution in [0.5, 0.6) is 0 Å². The predicted molar refractivity (Wildman–Crippen MR) is 55.0 cm³/mol. The number of nitrogens with zero attached hydrogens (tertiary/aromatic N) is 2. The number of carbonyl (C=O) groups is 2. The van der Waals surface area contributed by atoms with Crippen LogP contribution in [0.3, 0.4) is 0 Å². The molecule has 2 aliphatic rings. The summed E-state index contributed by atoms with van der Waals surface area (Å²) in [6.45, 7) is 1.46. The molecule has 2 N–H and O–H groups in total. The molecule has 2 rings (SSSR count). The molecule has 0 saturated carbocycles. The van der Waals surface area contributed by atoms with Crippen molar-refractivity contribution in [1.82, 2.24) is 9.80 Å². The third kappa shape index (κ3) is 1.66. The highest BCUT2D eigenvalue weighted by Gasteiger charge is 2.43. The van der Waals surface area contributed by atoms with E-state index in [0.717, 1.165) is 19.4 Å². The topological polar surface area (TPSA) is 66.6 Å². The average molecular weight is 211 g/mol. The van der Waals surface area contributed by atoms with Gasteiger partial charge in [0.05, 0.1) is 12.5 Å². The second kappa shape index (κ2) is 3.90. The Morgan fingerprint density at radius 2 is 2.20 bits per heavy atom. The van der Waals surface area contributed by atoms with Gasteiger partial charge in [0.2, 0.25) is 11.8 Å². The second-order valence-corrected chi connectivity index (χ2v) is 4.28. The van der Waals surface area contributed by atoms with Crippen LogP contribution >= 0.6 is 0 Å². The molecule has 0 aromatic carbocycles. The van der Waals surface area contributed by atoms with Crippen molar-refractivity contribution < 1.29 is 9.59 Å². The van der Waals surface area contributed by atoms with Gasteiger partial charge in [0.1, 0.15) is 0 Å². The smallest absolute Gasteiger partial charge is 0.246 e. The number of likely N-dealkylation sites (tertiary alicyclic amines) is 2. The van der Waals surface area contributed by atoms with Crippen LogP contribution in [0.1, 0.15) is 19.3 Å². The molecule has 2 fully saturated rings. The molecule has 5 heteroatoms. The van der Waals surface area contributed by atoms with Gasteiger partial charge in [0.25, 0.3) is 0 Å². The van der Waals surface area contributed by atoms with Crippen LogP contribution in [0, 0.1) is 0 Å². The largest absolute Gasteiger partial charge is 0.329 e. The molecule has 0 aromatic heterocycles. The van der Waals surface area contributed by atoms with Gasteiger partial charge in [0.15, 0.2) is 0 Å². The van der Waals surface area contributed by atoms with Gasteiger partial charge in [-0.25, -0.2) is 0 Å². The van der Waals surface area contributed by atoms with Crippen molar-refractivity contribution in [2.45, 2.75) is 31.3 Å². The van der Waals surface area contributed by atoms with E-state index in [1.807, 2.05) is 0 Å². The fraction of sp³-hybridized carbons (Fsp3) is 0.800. The molecule has 2 aliphatic heterocycles. The summed E-state index contributed by atoms with van der Waals surface area (Å²) >= 11 is 0. The van der Waals surface area contributed by atoms with E-state index in [2.05, 4.69) is 4.90 Å². The number of amides is 2. The Bertz CT molecular complexity index is 292. The second-order valence-electron chi connectivity index (χ2n) is 4.28. The fourth-order valence-electron chi connectivity index (χ4n) is 2.52. The van der Waals surface area contributed by atoms with E-state index < -0.39 is 0 Å². The normalized spacial score (nSPS) is 33.1. The van der Waals surface area contributed by atoms with E-state index in [-0.39, 0.29) is 23.9 Å². The van der Waals surface area contributed by atoms with Gasteiger partial charge in [-0.05, 0) is 19.4 Å². The van der Waals surface area contributed by atoms with Crippen molar-refractivity contribution in [3.8, 4) is 0 Å². The average Bonchev–Trinajstić information content (AvgIpc) is 2.78. The summed E-state index contributed by atoms with van der Waals surface area (Å²) in [5, 5.41) is 0. The Kier molecular flexibility index (Phi) is 2.75. The first kappa shape index (κ1) is 10.6. The number of hydrogen-bond acceptors (Lipinski definition) is 4. The number of likely N-dealkylation sites (N-methyl/N-ethyl adjacent to an activating group) is 1. The van der Waals surface area contributed by atoms with Gasteiger partial charge >= 0.3 is 0 Å². The van der Waals surface area contributed by atoms with Crippen LogP contribution in [0.2, 0.25) is 0 Å². The third-order valence-corrected chi connectivity index (χ3v) is 3.45. The Hall–Kier alpha value is -0.940. The SMILES string of the molecule is CN1C(=O)CC(N2CCCC2CN)C1=O. The van der Waals surface area contributed by atoms with E-state index in [4.69, 9.17) is 5.73 Å². The van der Waals surface area contributed by atoms with Gasteiger partial charge in [-0.2, -0.15) is 0 Å². The highest BCUT2D eigenvalue weighted by Crippen LogP contribution is 2.25. The first-order valence-electron chi connectivity index (χ1n) is 5.41. The van der Waals surface area contributed by atoms with Crippen LogP contribution in [0.4, 0.5) is 0 Å². The van der Waals surface area contributed by atoms with Crippen molar-refractivity contribution in [3.63, 3.8) is 0 Å². The van der Waals surface area contributed by atoms with Crippen molar-refractivity contribution >= 4 is 11.8 Å². The molecular formula is C10H17N3O2. The van der Waals surface area contributed by atoms with E-state index in [1.54, 1.807) is 7.05 Å². The summed E-state index contributed by atoms with van der Waals surface area (Å²) in [7, 11) is 1.55. The number of imide groups is 1. The van der Waals surface area contributed by atoms with Crippen molar-refractivity contribution in [1.29, 1.82) is 0 Å². The van der Waals surface area contributed by atoms with E-state index >= 15 is 0 Å². The van der Waals surface area contributed by atoms with Gasteiger partial charge in [0, 0.05) is 19.6 Å². The molecule has 15 heavy (non-hydrogen) atoms. The molecule has 2 heterocycles. The van der Waals surface area contributed by atoms with E-state index in [1.165, 1.54) is 4.90 Å². The maximum absolute atomic E-state index is 11.8. The molecule has 0 aliphatic carbocycles. The zero-order valence-corrected chi connectivity index (χ0v) is 8.98. The zero-order chi connectivity index (χ0) is 11.0. The van der Waals surface area contributed by atoms with Crippen LogP contribution in [-0.4, -0.2) is 53.8 Å². The van der Waals surface area contributed by atoms with Crippen LogP contribution in [0.25, 0.3) is 0 Å². The summed E-state index contributed by atoms with van der Waals surface area (Å²) in [6, 6.07) is 0.0248. The number of rotatable bonds is 2. The lowest BCUT2D eigenvalue weighted by atomic mass is 10.1. The molecule has 5 nitrogen and oxygen atoms in total. The first-order chi connectivity index (χ1) is 7.15. The molecule has 2 unspecified atom stereocenters. The van der Waals surface area contributed by atoms with Gasteiger partial charge in [-0.3, -0.25) is 19.4 Å². The standard InChI is InChI=1S/C10H17N3O2/c1-12-9(14)5-8(10(12)15)13-4-2-3-7(13)6-11/h7-8H,2-6,11H2,1H3. The fourth-order valence-corrected chi connectivity index (χ4v) is 2.52. The summed E-state index contributed by atoms with van der Waals surface area (Å²) < 4.78 is 0. The zero-order valence-electron chi connectivity index (χ0n) is 8.98. The number of hydrogen-bond donors (Lipinski definition) is 1. The van der Waals surface area contributed by atoms with E-state index in [0.29, 0.717) is 13.0 Å². The van der Waals surface area contributed by atoms with Crippen molar-refractivity contribution in [3.05, 3.63) is 0 Å². The molecule has 2 saturated heterocycles. The monoisotopic (exact) mass is 211 g/mol. The highest BCUT2D eigenvalue weighted by molar-refractivity contribution is 6.05. The minimum absolute atomic E-state index is 0.0691. The van der Waals surface area contributed by atoms with Gasteiger partial charge in [-0.15, -0.1) is 0 Å². The lowest BCUT2D eigenvalue weighted by Gasteiger charge is -2.27. The highest BCUT2D eigenvalue weighted by atomic mass is 16.2. The molecule has 2 atom stereocenters. The molecule has 0 aromatic rings. The maximum atomic E-state index is 11.8. The summed E-state index contributed by atoms with van der Waals surface area (Å²) in [4.78, 5) is 26.5. The Balaban J connectivity index is 2.11. The minimum atomic E-state index is -0.251. The maximum Gasteiger partial charge on any atom is 0.246 e. The molecule has 0 radical (unpaired) electrons. The van der Waals surface area contributed by atoms with Crippen LogP contribution in [0.15, 0.2) is 0 Å². The Labute approximate surface area is 89.2 Å². The van der Waals surface area contributed by atoms with Gasteiger partial charge < -0.3 is 5.73 Å². The Morgan fingerprint density at radius 3 is 2.73 bits per heavy atom. The summed E-state index contributed by atoms with van der Waals surface area (Å²) in [6.07, 6.45) is 2.44. The van der Waals surface area contributed by atoms with Crippen LogP contribution < -0.4 is 5.73 Å². The molecule has 2 amide bonds. The quantitative estimate of drug-likeness (QED) is 0.605. The van der Waals surface area contributed by atoms with Crippen molar-refractivity contribution in [2.24, 2.45) is 5.73 Å². The lowest BCUT2D eigenvalue weighted by Crippen LogP contribution is -2.46. The summed E-state index contributed by atoms with van der Waals surface area (Å²) in [5.74, 6) is -0.145. The first-order valence-corrected chi connectivity index (χ1v) is 5.41. The van der Waals surface area contributed by atoms with Crippen LogP contribution in [-0.2, 0) is 9.59 Å². The van der Waals surface area contributed by atoms with Gasteiger partial charge in [-0.1, -0.05) is 0 Å². The summed E-state index contributed by atoms with van der Waals surface area (Å²) in [5.41, 5.74) is 5.66. The molecule has 84 valence electrons. The molecule has 0 bridgehead atoms. The third-order valence-electron chi connectivity index (χ3n) is 3.45. The number of nitrogens with two attached hydrogens (primary N) is 1. The Morgan fingerprint density at radius 1 is 1.47 bits per heavy atom. The number of carbonyl (C=O) groups excluding carboxylic acids is 2. The minimum Gasteiger partial charge on any atom is -0.329 e. The lowest BCUT2D eigenvalue weighted by molar-refractivity contribution is -0.138. The molecular weight excluding hydrogens is 194 g/mol. The molecule has 0 spiro atoms. The van der Waals surface area contributed by atoms with Crippen molar-refractivity contribution in [2.75, 3.05) is 20.1 Å².